The first-order chi connectivity index (χ1) is 14.1. The molecule has 5 nitrogen and oxygen atoms in total. The molecular formula is C20H15F5N2O3. The van der Waals surface area contributed by atoms with E-state index in [9.17, 15) is 31.9 Å². The maximum atomic E-state index is 14.2. The average molecular weight is 426 g/mol. The van der Waals surface area contributed by atoms with Crippen molar-refractivity contribution in [3.05, 3.63) is 77.5 Å². The highest BCUT2D eigenvalue weighted by atomic mass is 19.4. The predicted molar refractivity (Wildman–Crippen MR) is 95.2 cm³/mol. The molecule has 1 unspecified atom stereocenters. The predicted octanol–water partition coefficient (Wildman–Crippen LogP) is 4.71. The number of hydrogen-bond donors (Lipinski definition) is 2. The summed E-state index contributed by atoms with van der Waals surface area (Å²) in [6.45, 7) is 1.56. The van der Waals surface area contributed by atoms with E-state index >= 15 is 0 Å². The largest absolute Gasteiger partial charge is 0.446 e. The minimum atomic E-state index is -5.01. The van der Waals surface area contributed by atoms with Crippen LogP contribution in [0, 0.1) is 11.6 Å². The second kappa shape index (κ2) is 8.23. The Hall–Kier alpha value is -3.27. The van der Waals surface area contributed by atoms with Gasteiger partial charge in [-0.3, -0.25) is 4.79 Å². The zero-order valence-electron chi connectivity index (χ0n) is 15.4. The highest BCUT2D eigenvalue weighted by Crippen LogP contribution is 2.35. The molecule has 0 aliphatic rings. The van der Waals surface area contributed by atoms with Gasteiger partial charge in [0.15, 0.2) is 12.5 Å². The van der Waals surface area contributed by atoms with Crippen LogP contribution in [-0.2, 0) is 0 Å². The molecule has 0 saturated carbocycles. The van der Waals surface area contributed by atoms with E-state index in [0.717, 1.165) is 36.7 Å². The fraction of sp³-hybridized carbons (Fsp3) is 0.200. The minimum absolute atomic E-state index is 0.134. The number of alkyl halides is 3. The summed E-state index contributed by atoms with van der Waals surface area (Å²) in [5, 5.41) is 12.2. The highest BCUT2D eigenvalue weighted by Gasteiger charge is 2.40. The first-order valence-electron chi connectivity index (χ1n) is 8.60. The van der Waals surface area contributed by atoms with E-state index in [2.05, 4.69) is 10.3 Å². The molecule has 1 heterocycles. The third-order valence-corrected chi connectivity index (χ3v) is 4.31. The van der Waals surface area contributed by atoms with Gasteiger partial charge in [0.25, 0.3) is 5.91 Å². The van der Waals surface area contributed by atoms with Crippen molar-refractivity contribution < 1.29 is 36.3 Å². The Balaban J connectivity index is 2.04. The monoisotopic (exact) mass is 426 g/mol. The van der Waals surface area contributed by atoms with Crippen molar-refractivity contribution in [2.75, 3.05) is 0 Å². The molecule has 2 N–H and O–H groups in total. The first-order valence-corrected chi connectivity index (χ1v) is 8.60. The summed E-state index contributed by atoms with van der Waals surface area (Å²) in [4.78, 5) is 16.3. The van der Waals surface area contributed by atoms with Crippen molar-refractivity contribution in [2.45, 2.75) is 25.2 Å². The van der Waals surface area contributed by atoms with E-state index in [1.807, 2.05) is 0 Å². The standard InChI is InChI=1S/C20H15F5N2O3/c1-10(17-8-26-9-30-17)27-19(29)13-5-11(15-3-2-14(21)7-16(15)22)4-12(6-13)18(28)20(23,24)25/h2-10,18,28H,1H3,(H,27,29)/t10-,18?/m1/s1. The molecule has 0 radical (unpaired) electrons. The number of nitrogens with zero attached hydrogens (tertiary/aromatic N) is 1. The number of aromatic nitrogens is 1. The lowest BCUT2D eigenvalue weighted by Crippen LogP contribution is -2.27. The van der Waals surface area contributed by atoms with Gasteiger partial charge in [-0.1, -0.05) is 0 Å². The maximum Gasteiger partial charge on any atom is 0.418 e. The number of rotatable bonds is 5. The van der Waals surface area contributed by atoms with Gasteiger partial charge in [-0.05, 0) is 48.4 Å². The number of carbonyl (C=O) groups is 1. The van der Waals surface area contributed by atoms with E-state index in [0.29, 0.717) is 11.8 Å². The van der Waals surface area contributed by atoms with Crippen LogP contribution in [0.3, 0.4) is 0 Å². The highest BCUT2D eigenvalue weighted by molar-refractivity contribution is 5.96. The molecule has 0 fully saturated rings. The normalized spacial score (nSPS) is 13.7. The topological polar surface area (TPSA) is 75.4 Å². The molecule has 3 aromatic rings. The van der Waals surface area contributed by atoms with E-state index in [-0.39, 0.29) is 16.7 Å². The molecule has 0 saturated heterocycles. The Morgan fingerprint density at radius 3 is 2.50 bits per heavy atom. The molecule has 2 atom stereocenters. The van der Waals surface area contributed by atoms with E-state index in [4.69, 9.17) is 4.42 Å². The molecule has 2 aromatic carbocycles. The zero-order valence-corrected chi connectivity index (χ0v) is 15.4. The van der Waals surface area contributed by atoms with Gasteiger partial charge in [0.05, 0.1) is 12.2 Å². The third kappa shape index (κ3) is 4.65. The van der Waals surface area contributed by atoms with Crippen LogP contribution in [0.1, 0.15) is 40.8 Å². The zero-order chi connectivity index (χ0) is 22.1. The van der Waals surface area contributed by atoms with E-state index < -0.39 is 41.4 Å². The number of benzene rings is 2. The summed E-state index contributed by atoms with van der Waals surface area (Å²) < 4.78 is 71.6. The van der Waals surface area contributed by atoms with Crippen molar-refractivity contribution in [1.29, 1.82) is 0 Å². The summed E-state index contributed by atoms with van der Waals surface area (Å²) in [6.07, 6.45) is -5.41. The van der Waals surface area contributed by atoms with Crippen molar-refractivity contribution in [2.24, 2.45) is 0 Å². The van der Waals surface area contributed by atoms with Crippen molar-refractivity contribution in [3.8, 4) is 11.1 Å². The number of aliphatic hydroxyl groups excluding tert-OH is 1. The lowest BCUT2D eigenvalue weighted by molar-refractivity contribution is -0.206. The second-order valence-corrected chi connectivity index (χ2v) is 6.51. The van der Waals surface area contributed by atoms with Gasteiger partial charge >= 0.3 is 6.18 Å². The molecule has 0 aliphatic carbocycles. The Labute approximate surface area is 167 Å². The van der Waals surface area contributed by atoms with Crippen molar-refractivity contribution in [1.82, 2.24) is 10.3 Å². The third-order valence-electron chi connectivity index (χ3n) is 4.31. The molecule has 10 heteroatoms. The fourth-order valence-electron chi connectivity index (χ4n) is 2.80. The molecule has 3 rings (SSSR count). The summed E-state index contributed by atoms with van der Waals surface area (Å²) in [5.41, 5.74) is -1.29. The Bertz CT molecular complexity index is 1050. The summed E-state index contributed by atoms with van der Waals surface area (Å²) in [6, 6.07) is 4.75. The average Bonchev–Trinajstić information content (AvgIpc) is 3.21. The molecule has 1 amide bonds. The van der Waals surface area contributed by atoms with Crippen LogP contribution in [0.2, 0.25) is 0 Å². The molecular weight excluding hydrogens is 411 g/mol. The second-order valence-electron chi connectivity index (χ2n) is 6.51. The number of halogens is 5. The van der Waals surface area contributed by atoms with Gasteiger partial charge in [0, 0.05) is 17.2 Å². The van der Waals surface area contributed by atoms with E-state index in [1.54, 1.807) is 6.92 Å². The smallest absolute Gasteiger partial charge is 0.418 e. The number of amides is 1. The van der Waals surface area contributed by atoms with Crippen molar-refractivity contribution >= 4 is 5.91 Å². The Morgan fingerprint density at radius 1 is 1.17 bits per heavy atom. The summed E-state index contributed by atoms with van der Waals surface area (Å²) in [7, 11) is 0. The molecule has 0 bridgehead atoms. The van der Waals surface area contributed by atoms with Crippen molar-refractivity contribution in [3.63, 3.8) is 0 Å². The molecule has 158 valence electrons. The molecule has 0 aliphatic heterocycles. The van der Waals surface area contributed by atoms with Crippen LogP contribution >= 0.6 is 0 Å². The fourth-order valence-corrected chi connectivity index (χ4v) is 2.80. The van der Waals surface area contributed by atoms with Crippen LogP contribution in [0.15, 0.2) is 53.4 Å². The molecule has 1 aromatic heterocycles. The van der Waals surface area contributed by atoms with Gasteiger partial charge in [-0.2, -0.15) is 13.2 Å². The van der Waals surface area contributed by atoms with Crippen LogP contribution in [-0.4, -0.2) is 22.2 Å². The maximum absolute atomic E-state index is 14.2. The number of hydrogen-bond acceptors (Lipinski definition) is 4. The lowest BCUT2D eigenvalue weighted by Gasteiger charge is -2.18. The van der Waals surface area contributed by atoms with Gasteiger partial charge < -0.3 is 14.8 Å². The van der Waals surface area contributed by atoms with Crippen LogP contribution in [0.4, 0.5) is 22.0 Å². The lowest BCUT2D eigenvalue weighted by atomic mass is 9.96. The van der Waals surface area contributed by atoms with Gasteiger partial charge in [-0.25, -0.2) is 13.8 Å². The number of oxazole rings is 1. The van der Waals surface area contributed by atoms with E-state index in [1.165, 1.54) is 6.20 Å². The van der Waals surface area contributed by atoms with Gasteiger partial charge in [0.2, 0.25) is 0 Å². The molecule has 0 spiro atoms. The van der Waals surface area contributed by atoms with Gasteiger partial charge in [-0.15, -0.1) is 0 Å². The Kier molecular flexibility index (Phi) is 5.88. The van der Waals surface area contributed by atoms with Gasteiger partial charge in [0.1, 0.15) is 17.4 Å². The number of nitrogens with one attached hydrogen (secondary N) is 1. The summed E-state index contributed by atoms with van der Waals surface area (Å²) >= 11 is 0. The van der Waals surface area contributed by atoms with Crippen LogP contribution in [0.5, 0.6) is 0 Å². The summed E-state index contributed by atoms with van der Waals surface area (Å²) in [5.74, 6) is -2.39. The Morgan fingerprint density at radius 2 is 1.90 bits per heavy atom. The first kappa shape index (κ1) is 21.4. The SMILES string of the molecule is C[C@@H](NC(=O)c1cc(-c2ccc(F)cc2F)cc(C(O)C(F)(F)F)c1)c1cnco1. The molecule has 30 heavy (non-hydrogen) atoms. The van der Waals surface area contributed by atoms with Crippen LogP contribution in [0.25, 0.3) is 11.1 Å². The number of carbonyl (C=O) groups excluding carboxylic acids is 1. The van der Waals surface area contributed by atoms with Crippen LogP contribution < -0.4 is 5.32 Å². The quantitative estimate of drug-likeness (QED) is 0.580. The minimum Gasteiger partial charge on any atom is -0.446 e. The number of aliphatic hydroxyl groups is 1.